The molecular weight excluding hydrogens is 298 g/mol. The molecule has 0 spiro atoms. The number of nitro groups is 1. The number of benzene rings is 1. The van der Waals surface area contributed by atoms with Gasteiger partial charge in [0.25, 0.3) is 5.69 Å². The summed E-state index contributed by atoms with van der Waals surface area (Å²) in [5.74, 6) is -0.604. The van der Waals surface area contributed by atoms with E-state index in [1.165, 1.54) is 29.0 Å². The number of pyridine rings is 1. The van der Waals surface area contributed by atoms with Crippen molar-refractivity contribution in [2.45, 2.75) is 6.54 Å². The maximum atomic E-state index is 11.9. The van der Waals surface area contributed by atoms with Gasteiger partial charge in [0.05, 0.1) is 22.7 Å². The van der Waals surface area contributed by atoms with Gasteiger partial charge in [0.15, 0.2) is 5.58 Å². The van der Waals surface area contributed by atoms with Gasteiger partial charge < -0.3 is 4.42 Å². The van der Waals surface area contributed by atoms with Crippen LogP contribution < -0.4 is 5.76 Å². The summed E-state index contributed by atoms with van der Waals surface area (Å²) in [6, 6.07) is 7.21. The third-order valence-corrected chi connectivity index (χ3v) is 3.20. The van der Waals surface area contributed by atoms with Crippen molar-refractivity contribution in [1.82, 2.24) is 9.55 Å². The van der Waals surface area contributed by atoms with Crippen molar-refractivity contribution in [1.29, 1.82) is 0 Å². The Morgan fingerprint density at radius 3 is 2.86 bits per heavy atom. The highest BCUT2D eigenvalue weighted by Gasteiger charge is 2.14. The topological polar surface area (TPSA) is 91.2 Å². The van der Waals surface area contributed by atoms with Crippen LogP contribution in [0.5, 0.6) is 0 Å². The van der Waals surface area contributed by atoms with Gasteiger partial charge in [-0.1, -0.05) is 11.6 Å². The Bertz CT molecular complexity index is 900. The van der Waals surface area contributed by atoms with E-state index in [0.717, 1.165) is 0 Å². The molecule has 0 amide bonds. The van der Waals surface area contributed by atoms with Crippen molar-refractivity contribution in [2.75, 3.05) is 0 Å². The number of fused-ring (bicyclic) bond motifs is 1. The molecule has 1 aromatic carbocycles. The number of nitrogens with zero attached hydrogens (tertiary/aromatic N) is 3. The molecule has 0 aliphatic heterocycles. The molecule has 0 aliphatic carbocycles. The number of non-ortho nitro benzene ring substituents is 1. The van der Waals surface area contributed by atoms with Crippen LogP contribution in [0, 0.1) is 10.1 Å². The van der Waals surface area contributed by atoms with E-state index in [-0.39, 0.29) is 17.8 Å². The molecule has 0 saturated carbocycles. The zero-order valence-corrected chi connectivity index (χ0v) is 11.3. The average molecular weight is 306 g/mol. The first-order chi connectivity index (χ1) is 10.0. The molecule has 0 bridgehead atoms. The number of aromatic nitrogens is 2. The van der Waals surface area contributed by atoms with Gasteiger partial charge in [0.1, 0.15) is 0 Å². The number of hydrogen-bond donors (Lipinski definition) is 0. The largest absolute Gasteiger partial charge is 0.420 e. The molecule has 2 aromatic heterocycles. The Morgan fingerprint density at radius 1 is 1.33 bits per heavy atom. The van der Waals surface area contributed by atoms with Crippen LogP contribution in [0.4, 0.5) is 5.69 Å². The Balaban J connectivity index is 2.12. The quantitative estimate of drug-likeness (QED) is 0.548. The summed E-state index contributed by atoms with van der Waals surface area (Å²) in [5, 5.41) is 11.3. The molecule has 3 aromatic rings. The summed E-state index contributed by atoms with van der Waals surface area (Å²) in [4.78, 5) is 26.3. The second-order valence-corrected chi connectivity index (χ2v) is 4.77. The van der Waals surface area contributed by atoms with Crippen LogP contribution in [0.3, 0.4) is 0 Å². The normalized spacial score (nSPS) is 10.9. The van der Waals surface area contributed by atoms with Crippen molar-refractivity contribution >= 4 is 28.4 Å². The molecule has 106 valence electrons. The molecule has 0 radical (unpaired) electrons. The molecule has 21 heavy (non-hydrogen) atoms. The number of hydrogen-bond acceptors (Lipinski definition) is 5. The van der Waals surface area contributed by atoms with Crippen molar-refractivity contribution in [3.63, 3.8) is 0 Å². The monoisotopic (exact) mass is 305 g/mol. The molecule has 0 unspecified atom stereocenters. The fourth-order valence-corrected chi connectivity index (χ4v) is 2.19. The van der Waals surface area contributed by atoms with Gasteiger partial charge in [-0.2, -0.15) is 0 Å². The maximum Gasteiger partial charge on any atom is 0.420 e. The minimum Gasteiger partial charge on any atom is -0.408 e. The lowest BCUT2D eigenvalue weighted by Gasteiger charge is -2.02. The van der Waals surface area contributed by atoms with Crippen LogP contribution in [0.2, 0.25) is 5.02 Å². The Labute approximate surface area is 122 Å². The molecule has 0 N–H and O–H groups in total. The fraction of sp³-hybridized carbons (Fsp3) is 0.0769. The fourth-order valence-electron chi connectivity index (χ4n) is 2.01. The predicted octanol–water partition coefficient (Wildman–Crippen LogP) is 2.60. The summed E-state index contributed by atoms with van der Waals surface area (Å²) in [7, 11) is 0. The Morgan fingerprint density at radius 2 is 2.14 bits per heavy atom. The minimum atomic E-state index is -0.604. The summed E-state index contributed by atoms with van der Waals surface area (Å²) in [6.07, 6.45) is 1.52. The summed E-state index contributed by atoms with van der Waals surface area (Å²) in [6.45, 7) is 0.119. The van der Waals surface area contributed by atoms with Gasteiger partial charge >= 0.3 is 5.76 Å². The second-order valence-electron chi connectivity index (χ2n) is 4.33. The van der Waals surface area contributed by atoms with Crippen molar-refractivity contribution < 1.29 is 9.34 Å². The van der Waals surface area contributed by atoms with Crippen LogP contribution in [0.25, 0.3) is 11.1 Å². The van der Waals surface area contributed by atoms with Crippen molar-refractivity contribution in [2.24, 2.45) is 0 Å². The van der Waals surface area contributed by atoms with Crippen molar-refractivity contribution in [3.8, 4) is 0 Å². The summed E-state index contributed by atoms with van der Waals surface area (Å²) in [5.41, 5.74) is 1.07. The number of nitro benzene ring substituents is 1. The van der Waals surface area contributed by atoms with E-state index in [4.69, 9.17) is 16.0 Å². The molecule has 8 heteroatoms. The predicted molar refractivity (Wildman–Crippen MR) is 75.5 cm³/mol. The first kappa shape index (κ1) is 13.3. The SMILES string of the molecule is O=c1oc2ccc([N+](=O)[O-])cc2n1Cc1cc(Cl)ccn1. The van der Waals surface area contributed by atoms with Crippen LogP contribution in [0.1, 0.15) is 5.69 Å². The molecule has 0 atom stereocenters. The van der Waals surface area contributed by atoms with Crippen LogP contribution in [0.15, 0.2) is 45.7 Å². The van der Waals surface area contributed by atoms with Gasteiger partial charge in [-0.15, -0.1) is 0 Å². The highest BCUT2D eigenvalue weighted by molar-refractivity contribution is 6.30. The standard InChI is InChI=1S/C13H8ClN3O4/c14-8-3-4-15-9(5-8)7-16-11-6-10(17(19)20)1-2-12(11)21-13(16)18/h1-6H,7H2. The summed E-state index contributed by atoms with van der Waals surface area (Å²) < 4.78 is 6.34. The average Bonchev–Trinajstić information content (AvgIpc) is 2.74. The Kier molecular flexibility index (Phi) is 3.19. The highest BCUT2D eigenvalue weighted by atomic mass is 35.5. The molecule has 0 saturated heterocycles. The molecule has 0 aliphatic rings. The lowest BCUT2D eigenvalue weighted by atomic mass is 10.3. The Hall–Kier alpha value is -2.67. The molecule has 2 heterocycles. The van der Waals surface area contributed by atoms with Gasteiger partial charge in [-0.3, -0.25) is 19.7 Å². The number of oxazole rings is 1. The van der Waals surface area contributed by atoms with E-state index in [9.17, 15) is 14.9 Å². The lowest BCUT2D eigenvalue weighted by Crippen LogP contribution is -2.15. The third kappa shape index (κ3) is 2.50. The van der Waals surface area contributed by atoms with Gasteiger partial charge in [-0.05, 0) is 18.2 Å². The maximum absolute atomic E-state index is 11.9. The van der Waals surface area contributed by atoms with E-state index in [1.54, 1.807) is 12.1 Å². The molecular formula is C13H8ClN3O4. The number of rotatable bonds is 3. The molecule has 0 fully saturated rings. The first-order valence-electron chi connectivity index (χ1n) is 5.93. The smallest absolute Gasteiger partial charge is 0.408 e. The zero-order chi connectivity index (χ0) is 15.0. The van der Waals surface area contributed by atoms with Crippen molar-refractivity contribution in [3.05, 3.63) is 67.9 Å². The molecule has 7 nitrogen and oxygen atoms in total. The second kappa shape index (κ2) is 5.02. The zero-order valence-electron chi connectivity index (χ0n) is 10.5. The van der Waals surface area contributed by atoms with E-state index >= 15 is 0 Å². The van der Waals surface area contributed by atoms with Gasteiger partial charge in [0.2, 0.25) is 0 Å². The van der Waals surface area contributed by atoms with E-state index in [2.05, 4.69) is 4.98 Å². The third-order valence-electron chi connectivity index (χ3n) is 2.96. The highest BCUT2D eigenvalue weighted by Crippen LogP contribution is 2.21. The lowest BCUT2D eigenvalue weighted by molar-refractivity contribution is -0.384. The van der Waals surface area contributed by atoms with E-state index < -0.39 is 10.7 Å². The first-order valence-corrected chi connectivity index (χ1v) is 6.30. The van der Waals surface area contributed by atoms with E-state index in [1.807, 2.05) is 0 Å². The molecule has 3 rings (SSSR count). The van der Waals surface area contributed by atoms with E-state index in [0.29, 0.717) is 16.2 Å². The van der Waals surface area contributed by atoms with Gasteiger partial charge in [0, 0.05) is 23.4 Å². The van der Waals surface area contributed by atoms with Gasteiger partial charge in [-0.25, -0.2) is 4.79 Å². The van der Waals surface area contributed by atoms with Crippen LogP contribution in [-0.2, 0) is 6.54 Å². The van der Waals surface area contributed by atoms with Crippen LogP contribution in [-0.4, -0.2) is 14.5 Å². The van der Waals surface area contributed by atoms with Crippen LogP contribution >= 0.6 is 11.6 Å². The number of halogens is 1. The summed E-state index contributed by atoms with van der Waals surface area (Å²) >= 11 is 5.87. The minimum absolute atomic E-state index is 0.115.